The van der Waals surface area contributed by atoms with Crippen molar-refractivity contribution in [2.45, 2.75) is 39.7 Å². The van der Waals surface area contributed by atoms with E-state index < -0.39 is 5.76 Å². The van der Waals surface area contributed by atoms with Gasteiger partial charge in [0.2, 0.25) is 11.8 Å². The summed E-state index contributed by atoms with van der Waals surface area (Å²) in [4.78, 5) is 40.0. The molecule has 154 valence electrons. The number of fused-ring (bicyclic) bond motifs is 1. The highest BCUT2D eigenvalue weighted by molar-refractivity contribution is 5.93. The minimum absolute atomic E-state index is 0.0718. The lowest BCUT2D eigenvalue weighted by Crippen LogP contribution is -2.30. The number of likely N-dealkylation sites (N-methyl/N-ethyl adjacent to an activating group) is 1. The predicted molar refractivity (Wildman–Crippen MR) is 109 cm³/mol. The van der Waals surface area contributed by atoms with Gasteiger partial charge in [-0.1, -0.05) is 0 Å². The quantitative estimate of drug-likeness (QED) is 0.671. The molecule has 1 N–H and O–H groups in total. The van der Waals surface area contributed by atoms with E-state index in [1.54, 1.807) is 27.7 Å². The first-order chi connectivity index (χ1) is 13.3. The molecule has 1 heterocycles. The molecule has 0 spiro atoms. The number of anilines is 1. The third kappa shape index (κ3) is 5.69. The number of amides is 2. The van der Waals surface area contributed by atoms with E-state index in [-0.39, 0.29) is 18.2 Å². The summed E-state index contributed by atoms with van der Waals surface area (Å²) in [6, 6.07) is 5.14. The second-order valence-corrected chi connectivity index (χ2v) is 6.97. The van der Waals surface area contributed by atoms with Crippen LogP contribution in [0.5, 0.6) is 0 Å². The van der Waals surface area contributed by atoms with Crippen LogP contribution in [0.15, 0.2) is 27.4 Å². The number of nitrogens with one attached hydrogen (secondary N) is 1. The Hall–Kier alpha value is -2.61. The van der Waals surface area contributed by atoms with Gasteiger partial charge >= 0.3 is 5.76 Å². The summed E-state index contributed by atoms with van der Waals surface area (Å²) < 4.78 is 6.82. The van der Waals surface area contributed by atoms with Gasteiger partial charge in [-0.3, -0.25) is 14.2 Å². The van der Waals surface area contributed by atoms with Crippen LogP contribution < -0.4 is 11.1 Å². The second-order valence-electron chi connectivity index (χ2n) is 6.97. The molecule has 0 atom stereocenters. The average Bonchev–Trinajstić information content (AvgIpc) is 2.95. The summed E-state index contributed by atoms with van der Waals surface area (Å²) in [6.07, 6.45) is 1.13. The monoisotopic (exact) mass is 390 g/mol. The Kier molecular flexibility index (Phi) is 7.80. The Bertz CT molecular complexity index is 865. The van der Waals surface area contributed by atoms with Gasteiger partial charge in [0.1, 0.15) is 0 Å². The zero-order valence-electron chi connectivity index (χ0n) is 17.2. The molecule has 0 saturated heterocycles. The zero-order chi connectivity index (χ0) is 20.7. The zero-order valence-corrected chi connectivity index (χ0v) is 17.2. The van der Waals surface area contributed by atoms with Gasteiger partial charge in [-0.2, -0.15) is 0 Å². The van der Waals surface area contributed by atoms with E-state index in [1.807, 2.05) is 32.8 Å². The van der Waals surface area contributed by atoms with Crippen molar-refractivity contribution in [3.8, 4) is 0 Å². The molecule has 0 aliphatic rings. The van der Waals surface area contributed by atoms with Crippen molar-refractivity contribution in [1.82, 2.24) is 14.4 Å². The fraction of sp³-hybridized carbons (Fsp3) is 0.550. The van der Waals surface area contributed by atoms with Gasteiger partial charge in [-0.25, -0.2) is 4.79 Å². The average molecular weight is 390 g/mol. The Balaban J connectivity index is 1.98. The number of benzene rings is 1. The molecule has 28 heavy (non-hydrogen) atoms. The molecule has 0 radical (unpaired) electrons. The van der Waals surface area contributed by atoms with Crippen LogP contribution in [0, 0.1) is 0 Å². The number of hydrogen-bond acceptors (Lipinski definition) is 5. The van der Waals surface area contributed by atoms with E-state index in [4.69, 9.17) is 4.42 Å². The summed E-state index contributed by atoms with van der Waals surface area (Å²) in [5.41, 5.74) is 1.75. The molecule has 1 aromatic heterocycles. The van der Waals surface area contributed by atoms with Crippen molar-refractivity contribution in [3.63, 3.8) is 0 Å². The standard InChI is InChI=1S/C20H30N4O4/c1-5-23(6-2)19(26)9-7-8-18(25)21-15-10-11-17-16(14-15)24(20(27)28-17)13-12-22(3)4/h10-11,14H,5-9,12-13H2,1-4H3,(H,21,25). The number of rotatable bonds is 10. The lowest BCUT2D eigenvalue weighted by atomic mass is 10.2. The molecule has 0 aliphatic carbocycles. The van der Waals surface area contributed by atoms with Crippen molar-refractivity contribution in [3.05, 3.63) is 28.7 Å². The van der Waals surface area contributed by atoms with E-state index in [2.05, 4.69) is 5.32 Å². The maximum Gasteiger partial charge on any atom is 0.419 e. The van der Waals surface area contributed by atoms with E-state index in [9.17, 15) is 14.4 Å². The van der Waals surface area contributed by atoms with Crippen LogP contribution in [-0.2, 0) is 16.1 Å². The molecule has 0 bridgehead atoms. The normalized spacial score (nSPS) is 11.2. The molecule has 8 heteroatoms. The number of carbonyl (C=O) groups excluding carboxylic acids is 2. The summed E-state index contributed by atoms with van der Waals surface area (Å²) >= 11 is 0. The molecule has 0 fully saturated rings. The topological polar surface area (TPSA) is 87.8 Å². The molecule has 0 saturated carbocycles. The maximum absolute atomic E-state index is 12.2. The maximum atomic E-state index is 12.2. The Morgan fingerprint density at radius 3 is 2.50 bits per heavy atom. The second kappa shape index (κ2) is 10.1. The van der Waals surface area contributed by atoms with Crippen molar-refractivity contribution in [1.29, 1.82) is 0 Å². The number of carbonyl (C=O) groups is 2. The molecule has 2 rings (SSSR count). The van der Waals surface area contributed by atoms with Crippen molar-refractivity contribution >= 4 is 28.6 Å². The fourth-order valence-electron chi connectivity index (χ4n) is 3.01. The highest BCUT2D eigenvalue weighted by Gasteiger charge is 2.13. The highest BCUT2D eigenvalue weighted by Crippen LogP contribution is 2.19. The Labute approximate surface area is 165 Å². The third-order valence-electron chi connectivity index (χ3n) is 4.63. The summed E-state index contributed by atoms with van der Waals surface area (Å²) in [7, 11) is 3.87. The third-order valence-corrected chi connectivity index (χ3v) is 4.63. The fourth-order valence-corrected chi connectivity index (χ4v) is 3.01. The first-order valence-corrected chi connectivity index (χ1v) is 9.71. The van der Waals surface area contributed by atoms with Gasteiger partial charge in [0.05, 0.1) is 5.52 Å². The molecule has 0 unspecified atom stereocenters. The van der Waals surface area contributed by atoms with Crippen LogP contribution in [-0.4, -0.2) is 59.9 Å². The van der Waals surface area contributed by atoms with Crippen LogP contribution in [0.3, 0.4) is 0 Å². The SMILES string of the molecule is CCN(CC)C(=O)CCCC(=O)Nc1ccc2oc(=O)n(CCN(C)C)c2c1. The van der Waals surface area contributed by atoms with Crippen LogP contribution >= 0.6 is 0 Å². The minimum atomic E-state index is -0.407. The van der Waals surface area contributed by atoms with Crippen molar-refractivity contribution < 1.29 is 14.0 Å². The predicted octanol–water partition coefficient (Wildman–Crippen LogP) is 2.13. The molecule has 2 aromatic rings. The lowest BCUT2D eigenvalue weighted by Gasteiger charge is -2.18. The Morgan fingerprint density at radius 1 is 1.14 bits per heavy atom. The summed E-state index contributed by atoms with van der Waals surface area (Å²) in [5.74, 6) is -0.491. The molecular formula is C20H30N4O4. The Morgan fingerprint density at radius 2 is 1.86 bits per heavy atom. The van der Waals surface area contributed by atoms with Gasteiger partial charge in [0.25, 0.3) is 0 Å². The van der Waals surface area contributed by atoms with Crippen molar-refractivity contribution in [2.24, 2.45) is 0 Å². The molecule has 0 aliphatic heterocycles. The molecule has 2 amide bonds. The largest absolute Gasteiger partial charge is 0.419 e. The van der Waals surface area contributed by atoms with Crippen molar-refractivity contribution in [2.75, 3.05) is 39.0 Å². The van der Waals surface area contributed by atoms with E-state index in [1.165, 1.54) is 0 Å². The van der Waals surface area contributed by atoms with Crippen LogP contribution in [0.4, 0.5) is 5.69 Å². The summed E-state index contributed by atoms with van der Waals surface area (Å²) in [6.45, 7) is 6.45. The molecular weight excluding hydrogens is 360 g/mol. The van der Waals surface area contributed by atoms with Gasteiger partial charge in [-0.15, -0.1) is 0 Å². The van der Waals surface area contributed by atoms with Gasteiger partial charge in [0, 0.05) is 44.7 Å². The first-order valence-electron chi connectivity index (χ1n) is 9.71. The highest BCUT2D eigenvalue weighted by atomic mass is 16.4. The van der Waals surface area contributed by atoms with Gasteiger partial charge in [0.15, 0.2) is 5.58 Å². The van der Waals surface area contributed by atoms with E-state index in [0.717, 1.165) is 0 Å². The first kappa shape index (κ1) is 21.7. The van der Waals surface area contributed by atoms with Crippen LogP contribution in [0.1, 0.15) is 33.1 Å². The van der Waals surface area contributed by atoms with Gasteiger partial charge in [-0.05, 0) is 52.6 Å². The smallest absolute Gasteiger partial charge is 0.408 e. The minimum Gasteiger partial charge on any atom is -0.408 e. The van der Waals surface area contributed by atoms with Crippen LogP contribution in [0.25, 0.3) is 11.1 Å². The number of aromatic nitrogens is 1. The number of nitrogens with zero attached hydrogens (tertiary/aromatic N) is 3. The summed E-state index contributed by atoms with van der Waals surface area (Å²) in [5, 5.41) is 2.84. The molecule has 1 aromatic carbocycles. The van der Waals surface area contributed by atoms with E-state index >= 15 is 0 Å². The van der Waals surface area contributed by atoms with Crippen LogP contribution in [0.2, 0.25) is 0 Å². The molecule has 8 nitrogen and oxygen atoms in total. The number of hydrogen-bond donors (Lipinski definition) is 1. The van der Waals surface area contributed by atoms with Gasteiger partial charge < -0.3 is 19.5 Å². The lowest BCUT2D eigenvalue weighted by molar-refractivity contribution is -0.130. The van der Waals surface area contributed by atoms with E-state index in [0.29, 0.717) is 55.8 Å². The number of oxazole rings is 1.